The van der Waals surface area contributed by atoms with Gasteiger partial charge < -0.3 is 6.92 Å². The van der Waals surface area contributed by atoms with Gasteiger partial charge in [-0.15, -0.1) is 0 Å². The van der Waals surface area contributed by atoms with E-state index < -0.39 is 0 Å². The molecule has 74 valence electrons. The average molecular weight is 201 g/mol. The number of hydrogen-bond acceptors (Lipinski definition) is 0. The smallest absolute Gasteiger partial charge is 0.343 e. The van der Waals surface area contributed by atoms with Crippen LogP contribution in [0, 0.1) is 33.8 Å². The third-order valence-electron chi connectivity index (χ3n) is 1.64. The zero-order chi connectivity index (χ0) is 10.3. The molecule has 0 aromatic heterocycles. The van der Waals surface area contributed by atoms with Crippen molar-refractivity contribution in [1.82, 2.24) is 0 Å². The second-order valence-electron chi connectivity index (χ2n) is 3.38. The topological polar surface area (TPSA) is 0 Å². The molecule has 1 aromatic carbocycles. The van der Waals surface area contributed by atoms with Gasteiger partial charge in [0, 0.05) is 0 Å². The van der Waals surface area contributed by atoms with Crippen molar-refractivity contribution in [2.45, 2.75) is 40.5 Å². The molecule has 0 atom stereocenters. The Kier molecular flexibility index (Phi) is 11.2. The first-order valence-corrected chi connectivity index (χ1v) is 4.86. The maximum absolute atomic E-state index is 3.60. The monoisotopic (exact) mass is 200 g/mol. The molecule has 0 saturated heterocycles. The predicted molar refractivity (Wildman–Crippen MR) is 65.5 cm³/mol. The van der Waals surface area contributed by atoms with E-state index in [2.05, 4.69) is 52.8 Å². The van der Waals surface area contributed by atoms with Gasteiger partial charge in [-0.1, -0.05) is 34.1 Å². The van der Waals surface area contributed by atoms with Crippen LogP contribution in [-0.2, 0) is 0 Å². The fourth-order valence-corrected chi connectivity index (χ4v) is 1.11. The molecule has 0 aliphatic carbocycles. The number of rotatable bonds is 1. The Morgan fingerprint density at radius 3 is 1.71 bits per heavy atom. The molecule has 14 heavy (non-hydrogen) atoms. The molecule has 0 nitrogen and oxygen atoms in total. The van der Waals surface area contributed by atoms with E-state index >= 15 is 0 Å². The molecule has 0 heterocycles. The molecule has 0 saturated carbocycles. The Balaban J connectivity index is 0. The van der Waals surface area contributed by atoms with Gasteiger partial charge in [-0.05, 0) is 0 Å². The summed E-state index contributed by atoms with van der Waals surface area (Å²) in [5.74, 6) is 0. The van der Waals surface area contributed by atoms with Crippen LogP contribution in [0.5, 0.6) is 0 Å². The van der Waals surface area contributed by atoms with E-state index in [1.807, 2.05) is 0 Å². The molecular formula is C13H20Mg. The van der Waals surface area contributed by atoms with Crippen LogP contribution in [0.4, 0.5) is 0 Å². The van der Waals surface area contributed by atoms with Crippen LogP contribution >= 0.6 is 0 Å². The van der Waals surface area contributed by atoms with E-state index in [4.69, 9.17) is 0 Å². The molecule has 1 heteroatoms. The number of benzene rings is 1. The summed E-state index contributed by atoms with van der Waals surface area (Å²) in [6.07, 6.45) is 2.28. The molecule has 0 aliphatic heterocycles. The van der Waals surface area contributed by atoms with Crippen LogP contribution in [0.3, 0.4) is 0 Å². The first-order valence-electron chi connectivity index (χ1n) is 4.86. The van der Waals surface area contributed by atoms with Gasteiger partial charge in [-0.25, -0.2) is 0 Å². The SMILES string of the molecule is Cc1[c-]c(C)cc(C)c1.[CH2-]CCC.[Mg+2]. The van der Waals surface area contributed by atoms with Crippen molar-refractivity contribution >= 4 is 23.1 Å². The summed E-state index contributed by atoms with van der Waals surface area (Å²) in [5, 5.41) is 0. The van der Waals surface area contributed by atoms with Crippen molar-refractivity contribution in [3.8, 4) is 0 Å². The zero-order valence-electron chi connectivity index (χ0n) is 9.98. The van der Waals surface area contributed by atoms with Crippen LogP contribution in [0.15, 0.2) is 12.1 Å². The third-order valence-corrected chi connectivity index (χ3v) is 1.64. The van der Waals surface area contributed by atoms with E-state index in [0.717, 1.165) is 6.42 Å². The summed E-state index contributed by atoms with van der Waals surface area (Å²) in [6, 6.07) is 7.47. The van der Waals surface area contributed by atoms with Crippen LogP contribution in [0.2, 0.25) is 0 Å². The van der Waals surface area contributed by atoms with Crippen molar-refractivity contribution in [1.29, 1.82) is 0 Å². The van der Waals surface area contributed by atoms with Gasteiger partial charge >= 0.3 is 23.1 Å². The second kappa shape index (κ2) is 9.54. The molecule has 1 aromatic rings. The van der Waals surface area contributed by atoms with Gasteiger partial charge in [0.25, 0.3) is 0 Å². The normalized spacial score (nSPS) is 8.36. The van der Waals surface area contributed by atoms with Gasteiger partial charge in [0.2, 0.25) is 0 Å². The van der Waals surface area contributed by atoms with Crippen molar-refractivity contribution in [2.24, 2.45) is 0 Å². The fourth-order valence-electron chi connectivity index (χ4n) is 1.11. The first kappa shape index (κ1) is 16.4. The van der Waals surface area contributed by atoms with E-state index in [-0.39, 0.29) is 23.1 Å². The third kappa shape index (κ3) is 8.58. The second-order valence-corrected chi connectivity index (χ2v) is 3.38. The van der Waals surface area contributed by atoms with Crippen molar-refractivity contribution in [2.75, 3.05) is 0 Å². The molecule has 0 bridgehead atoms. The summed E-state index contributed by atoms with van der Waals surface area (Å²) in [7, 11) is 0. The predicted octanol–water partition coefficient (Wildman–Crippen LogP) is 3.65. The Bertz CT molecular complexity index is 189. The van der Waals surface area contributed by atoms with Crippen molar-refractivity contribution in [3.63, 3.8) is 0 Å². The summed E-state index contributed by atoms with van der Waals surface area (Å²) in [5.41, 5.74) is 3.78. The van der Waals surface area contributed by atoms with E-state index in [1.165, 1.54) is 23.1 Å². The van der Waals surface area contributed by atoms with Crippen LogP contribution in [0.25, 0.3) is 0 Å². The Morgan fingerprint density at radius 1 is 1.14 bits per heavy atom. The maximum atomic E-state index is 3.60. The quantitative estimate of drug-likeness (QED) is 0.480. The molecule has 0 unspecified atom stereocenters. The van der Waals surface area contributed by atoms with Gasteiger partial charge in [-0.3, -0.25) is 0 Å². The van der Waals surface area contributed by atoms with Crippen molar-refractivity contribution < 1.29 is 0 Å². The van der Waals surface area contributed by atoms with Gasteiger partial charge in [-0.2, -0.15) is 41.3 Å². The minimum Gasteiger partial charge on any atom is -0.343 e. The Labute approximate surface area is 105 Å². The van der Waals surface area contributed by atoms with Gasteiger partial charge in [0.1, 0.15) is 0 Å². The van der Waals surface area contributed by atoms with Crippen LogP contribution in [0.1, 0.15) is 36.5 Å². The minimum atomic E-state index is 0. The molecule has 0 N–H and O–H groups in total. The molecule has 0 radical (unpaired) electrons. The number of unbranched alkanes of at least 4 members (excludes halogenated alkanes) is 1. The summed E-state index contributed by atoms with van der Waals surface area (Å²) < 4.78 is 0. The Hall–Kier alpha value is -0.0138. The van der Waals surface area contributed by atoms with Gasteiger partial charge in [0.05, 0.1) is 0 Å². The summed E-state index contributed by atoms with van der Waals surface area (Å²) in [6.45, 7) is 12.0. The zero-order valence-corrected chi connectivity index (χ0v) is 11.4. The summed E-state index contributed by atoms with van der Waals surface area (Å²) in [4.78, 5) is 0. The minimum absolute atomic E-state index is 0. The van der Waals surface area contributed by atoms with Crippen LogP contribution < -0.4 is 0 Å². The summed E-state index contributed by atoms with van der Waals surface area (Å²) >= 11 is 0. The molecule has 0 spiro atoms. The number of hydrogen-bond donors (Lipinski definition) is 0. The number of aryl methyl sites for hydroxylation is 3. The van der Waals surface area contributed by atoms with E-state index in [9.17, 15) is 0 Å². The van der Waals surface area contributed by atoms with Crippen LogP contribution in [-0.4, -0.2) is 23.1 Å². The largest absolute Gasteiger partial charge is 2.00 e. The molecular weight excluding hydrogens is 180 g/mol. The van der Waals surface area contributed by atoms with E-state index in [0.29, 0.717) is 0 Å². The average Bonchev–Trinajstić information content (AvgIpc) is 2.02. The molecule has 1 rings (SSSR count). The first-order chi connectivity index (χ1) is 6.10. The fraction of sp³-hybridized carbons (Fsp3) is 0.462. The molecule has 0 aliphatic rings. The standard InChI is InChI=1S/C9H11.C4H9.Mg/c1-7-4-8(2)6-9(3)5-7;1-3-4-2;/h4-5H,1-3H3;1,3-4H2,2H3;/q2*-1;+2. The van der Waals surface area contributed by atoms with Gasteiger partial charge in [0.15, 0.2) is 0 Å². The van der Waals surface area contributed by atoms with Crippen molar-refractivity contribution in [3.05, 3.63) is 41.8 Å². The molecule has 0 fully saturated rings. The molecule has 0 amide bonds. The van der Waals surface area contributed by atoms with E-state index in [1.54, 1.807) is 0 Å². The Morgan fingerprint density at radius 2 is 1.50 bits per heavy atom. The maximum Gasteiger partial charge on any atom is 2.00 e.